The van der Waals surface area contributed by atoms with Crippen LogP contribution >= 0.6 is 34.8 Å². The molecule has 0 saturated heterocycles. The van der Waals surface area contributed by atoms with Gasteiger partial charge in [0.05, 0.1) is 5.02 Å². The van der Waals surface area contributed by atoms with Gasteiger partial charge in [-0.05, 0) is 30.3 Å². The van der Waals surface area contributed by atoms with Gasteiger partial charge in [-0.2, -0.15) is 0 Å². The Kier molecular flexibility index (Phi) is 6.00. The molecule has 3 nitrogen and oxygen atoms in total. The Hall–Kier alpha value is -1.13. The van der Waals surface area contributed by atoms with Crippen molar-refractivity contribution >= 4 is 34.8 Å². The van der Waals surface area contributed by atoms with E-state index >= 15 is 0 Å². The highest BCUT2D eigenvalue weighted by atomic mass is 35.5. The summed E-state index contributed by atoms with van der Waals surface area (Å²) in [4.78, 5) is 0. The monoisotopic (exact) mass is 345 g/mol. The normalized spacial score (nSPS) is 10.5. The van der Waals surface area contributed by atoms with Crippen LogP contribution in [-0.2, 0) is 6.54 Å². The zero-order valence-electron chi connectivity index (χ0n) is 11.1. The smallest absolute Gasteiger partial charge is 0.139 e. The predicted octanol–water partition coefficient (Wildman–Crippen LogP) is 4.56. The number of benzene rings is 2. The van der Waals surface area contributed by atoms with Gasteiger partial charge in [-0.15, -0.1) is 0 Å². The van der Waals surface area contributed by atoms with Gasteiger partial charge in [-0.1, -0.05) is 34.8 Å². The van der Waals surface area contributed by atoms with Gasteiger partial charge in [0, 0.05) is 28.2 Å². The van der Waals surface area contributed by atoms with Gasteiger partial charge in [-0.25, -0.2) is 0 Å². The van der Waals surface area contributed by atoms with E-state index in [0.717, 1.165) is 5.56 Å². The van der Waals surface area contributed by atoms with Gasteiger partial charge in [0.25, 0.3) is 0 Å². The highest BCUT2D eigenvalue weighted by Gasteiger charge is 2.05. The fourth-order valence-corrected chi connectivity index (χ4v) is 2.27. The first kappa shape index (κ1) is 16.2. The number of ether oxygens (including phenoxy) is 2. The molecule has 0 aliphatic rings. The molecule has 2 N–H and O–H groups in total. The summed E-state index contributed by atoms with van der Waals surface area (Å²) in [7, 11) is 0. The molecular weight excluding hydrogens is 333 g/mol. The molecule has 2 aromatic carbocycles. The van der Waals surface area contributed by atoms with E-state index in [4.69, 9.17) is 50.0 Å². The van der Waals surface area contributed by atoms with Gasteiger partial charge in [-0.3, -0.25) is 0 Å². The lowest BCUT2D eigenvalue weighted by Gasteiger charge is -2.12. The SMILES string of the molecule is NCc1cc(Cl)ccc1OCCOc1cc(Cl)ccc1Cl. The fraction of sp³-hybridized carbons (Fsp3) is 0.200. The molecule has 0 spiro atoms. The third-order valence-electron chi connectivity index (χ3n) is 2.73. The number of rotatable bonds is 6. The first-order valence-corrected chi connectivity index (χ1v) is 7.42. The van der Waals surface area contributed by atoms with Crippen LogP contribution in [0.1, 0.15) is 5.56 Å². The van der Waals surface area contributed by atoms with E-state index in [0.29, 0.717) is 46.3 Å². The largest absolute Gasteiger partial charge is 0.490 e. The van der Waals surface area contributed by atoms with Crippen molar-refractivity contribution in [3.8, 4) is 11.5 Å². The molecule has 0 fully saturated rings. The van der Waals surface area contributed by atoms with Gasteiger partial charge in [0.1, 0.15) is 24.7 Å². The average molecular weight is 347 g/mol. The molecule has 0 radical (unpaired) electrons. The van der Waals surface area contributed by atoms with Crippen LogP contribution in [-0.4, -0.2) is 13.2 Å². The van der Waals surface area contributed by atoms with E-state index in [1.54, 1.807) is 36.4 Å². The number of nitrogens with two attached hydrogens (primary N) is 1. The van der Waals surface area contributed by atoms with Crippen LogP contribution in [0.15, 0.2) is 36.4 Å². The summed E-state index contributed by atoms with van der Waals surface area (Å²) in [6.07, 6.45) is 0. The van der Waals surface area contributed by atoms with E-state index < -0.39 is 0 Å². The van der Waals surface area contributed by atoms with Crippen molar-refractivity contribution in [3.05, 3.63) is 57.0 Å². The summed E-state index contributed by atoms with van der Waals surface area (Å²) in [6.45, 7) is 1.06. The highest BCUT2D eigenvalue weighted by molar-refractivity contribution is 6.34. The molecule has 0 saturated carbocycles. The molecule has 6 heteroatoms. The first-order valence-electron chi connectivity index (χ1n) is 6.29. The Morgan fingerprint density at radius 1 is 0.810 bits per heavy atom. The molecular formula is C15H14Cl3NO2. The summed E-state index contributed by atoms with van der Waals surface area (Å²) in [5.74, 6) is 1.23. The van der Waals surface area contributed by atoms with E-state index in [2.05, 4.69) is 0 Å². The molecule has 0 heterocycles. The zero-order valence-corrected chi connectivity index (χ0v) is 13.4. The summed E-state index contributed by atoms with van der Waals surface area (Å²) in [5.41, 5.74) is 6.50. The maximum Gasteiger partial charge on any atom is 0.139 e. The lowest BCUT2D eigenvalue weighted by Crippen LogP contribution is -2.11. The Balaban J connectivity index is 1.89. The van der Waals surface area contributed by atoms with E-state index in [9.17, 15) is 0 Å². The molecule has 0 atom stereocenters. The van der Waals surface area contributed by atoms with E-state index in [1.165, 1.54) is 0 Å². The topological polar surface area (TPSA) is 44.5 Å². The Morgan fingerprint density at radius 3 is 2.14 bits per heavy atom. The van der Waals surface area contributed by atoms with Crippen molar-refractivity contribution in [2.24, 2.45) is 5.73 Å². The minimum Gasteiger partial charge on any atom is -0.490 e. The lowest BCUT2D eigenvalue weighted by molar-refractivity contribution is 0.216. The van der Waals surface area contributed by atoms with Crippen LogP contribution in [0, 0.1) is 0 Å². The number of hydrogen-bond donors (Lipinski definition) is 1. The molecule has 112 valence electrons. The fourth-order valence-electron chi connectivity index (χ4n) is 1.74. The quantitative estimate of drug-likeness (QED) is 0.780. The van der Waals surface area contributed by atoms with Gasteiger partial charge in [0.15, 0.2) is 0 Å². The Bertz CT molecular complexity index is 620. The van der Waals surface area contributed by atoms with E-state index in [-0.39, 0.29) is 0 Å². The second-order valence-corrected chi connectivity index (χ2v) is 5.51. The van der Waals surface area contributed by atoms with Crippen molar-refractivity contribution in [1.82, 2.24) is 0 Å². The van der Waals surface area contributed by atoms with E-state index in [1.807, 2.05) is 0 Å². The zero-order chi connectivity index (χ0) is 15.2. The van der Waals surface area contributed by atoms with Crippen molar-refractivity contribution in [2.75, 3.05) is 13.2 Å². The Labute approximate surface area is 138 Å². The van der Waals surface area contributed by atoms with Crippen LogP contribution in [0.25, 0.3) is 0 Å². The predicted molar refractivity (Wildman–Crippen MR) is 86.8 cm³/mol. The van der Waals surface area contributed by atoms with Gasteiger partial charge in [0.2, 0.25) is 0 Å². The molecule has 0 amide bonds. The average Bonchev–Trinajstić information content (AvgIpc) is 2.48. The summed E-state index contributed by atoms with van der Waals surface area (Å²) >= 11 is 17.8. The molecule has 0 aliphatic carbocycles. The van der Waals surface area contributed by atoms with Crippen molar-refractivity contribution in [1.29, 1.82) is 0 Å². The minimum absolute atomic E-state index is 0.340. The van der Waals surface area contributed by atoms with Crippen molar-refractivity contribution in [3.63, 3.8) is 0 Å². The van der Waals surface area contributed by atoms with Crippen molar-refractivity contribution in [2.45, 2.75) is 6.54 Å². The molecule has 0 bridgehead atoms. The maximum absolute atomic E-state index is 6.00. The molecule has 0 unspecified atom stereocenters. The highest BCUT2D eigenvalue weighted by Crippen LogP contribution is 2.27. The van der Waals surface area contributed by atoms with Gasteiger partial charge >= 0.3 is 0 Å². The van der Waals surface area contributed by atoms with Crippen LogP contribution < -0.4 is 15.2 Å². The van der Waals surface area contributed by atoms with Gasteiger partial charge < -0.3 is 15.2 Å². The third-order valence-corrected chi connectivity index (χ3v) is 3.52. The van der Waals surface area contributed by atoms with Crippen LogP contribution in [0.3, 0.4) is 0 Å². The molecule has 0 aromatic heterocycles. The van der Waals surface area contributed by atoms with Crippen LogP contribution in [0.2, 0.25) is 15.1 Å². The van der Waals surface area contributed by atoms with Crippen LogP contribution in [0.5, 0.6) is 11.5 Å². The molecule has 0 aliphatic heterocycles. The van der Waals surface area contributed by atoms with Crippen LogP contribution in [0.4, 0.5) is 0 Å². The second kappa shape index (κ2) is 7.76. The molecule has 2 rings (SSSR count). The standard InChI is InChI=1S/C15H14Cl3NO2/c16-11-2-4-14(10(7-11)9-19)20-5-6-21-15-8-12(17)1-3-13(15)18/h1-4,7-8H,5-6,9,19H2. The summed E-state index contributed by atoms with van der Waals surface area (Å²) in [6, 6.07) is 10.4. The van der Waals surface area contributed by atoms with Crippen molar-refractivity contribution < 1.29 is 9.47 Å². The third kappa shape index (κ3) is 4.68. The summed E-state index contributed by atoms with van der Waals surface area (Å²) < 4.78 is 11.2. The lowest BCUT2D eigenvalue weighted by atomic mass is 10.2. The number of hydrogen-bond acceptors (Lipinski definition) is 3. The Morgan fingerprint density at radius 2 is 1.43 bits per heavy atom. The number of halogens is 3. The first-order chi connectivity index (χ1) is 10.1. The molecule has 21 heavy (non-hydrogen) atoms. The maximum atomic E-state index is 6.00. The molecule has 2 aromatic rings. The minimum atomic E-state index is 0.340. The second-order valence-electron chi connectivity index (χ2n) is 4.23. The summed E-state index contributed by atoms with van der Waals surface area (Å²) in [5, 5.41) is 1.71.